The van der Waals surface area contributed by atoms with Crippen LogP contribution in [-0.4, -0.2) is 26.4 Å². The van der Waals surface area contributed by atoms with Gasteiger partial charge in [0.15, 0.2) is 28.7 Å². The molecule has 1 atom stereocenters. The first-order chi connectivity index (χ1) is 14.5. The predicted molar refractivity (Wildman–Crippen MR) is 115 cm³/mol. The van der Waals surface area contributed by atoms with Crippen molar-refractivity contribution in [1.29, 1.82) is 0 Å². The minimum absolute atomic E-state index is 0.0802. The van der Waals surface area contributed by atoms with Gasteiger partial charge in [-0.25, -0.2) is 4.39 Å². The van der Waals surface area contributed by atoms with Gasteiger partial charge in [-0.3, -0.25) is 4.79 Å². The fourth-order valence-corrected chi connectivity index (χ4v) is 3.72. The van der Waals surface area contributed by atoms with E-state index in [1.807, 2.05) is 42.7 Å². The maximum Gasteiger partial charge on any atom is 0.230 e. The van der Waals surface area contributed by atoms with Crippen LogP contribution in [0.25, 0.3) is 0 Å². The normalized spacial score (nSPS) is 11.9. The van der Waals surface area contributed by atoms with Crippen molar-refractivity contribution < 1.29 is 13.9 Å². The van der Waals surface area contributed by atoms with E-state index in [4.69, 9.17) is 4.74 Å². The molecule has 0 aliphatic carbocycles. The van der Waals surface area contributed by atoms with Crippen LogP contribution >= 0.6 is 11.8 Å². The summed E-state index contributed by atoms with van der Waals surface area (Å²) in [5.41, 5.74) is 2.24. The van der Waals surface area contributed by atoms with Crippen LogP contribution in [0.3, 0.4) is 0 Å². The maximum atomic E-state index is 13.9. The zero-order chi connectivity index (χ0) is 21.5. The Hall–Kier alpha value is -2.87. The molecule has 3 aromatic rings. The molecule has 0 bridgehead atoms. The summed E-state index contributed by atoms with van der Waals surface area (Å²) in [7, 11) is 0. The predicted octanol–water partition coefficient (Wildman–Crippen LogP) is 4.29. The number of benzene rings is 2. The molecule has 8 heteroatoms. The third kappa shape index (κ3) is 5.60. The Kier molecular flexibility index (Phi) is 7.46. The first kappa shape index (κ1) is 21.8. The lowest BCUT2D eigenvalue weighted by atomic mass is 10.1. The van der Waals surface area contributed by atoms with Crippen LogP contribution in [0.4, 0.5) is 4.39 Å². The molecule has 3 rings (SSSR count). The summed E-state index contributed by atoms with van der Waals surface area (Å²) in [6, 6.07) is 14.3. The van der Waals surface area contributed by atoms with Crippen molar-refractivity contribution in [3.05, 3.63) is 71.3 Å². The average Bonchev–Trinajstić information content (AvgIpc) is 3.16. The highest BCUT2D eigenvalue weighted by atomic mass is 32.2. The number of nitrogens with zero attached hydrogens (tertiary/aromatic N) is 3. The smallest absolute Gasteiger partial charge is 0.230 e. The number of hydrogen-bond acceptors (Lipinski definition) is 5. The molecule has 1 heterocycles. The number of aromatic nitrogens is 3. The Balaban J connectivity index is 1.57. The molecule has 0 radical (unpaired) electrons. The molecular weight excluding hydrogens is 403 g/mol. The summed E-state index contributed by atoms with van der Waals surface area (Å²) >= 11 is 1.31. The second-order valence-electron chi connectivity index (χ2n) is 6.83. The van der Waals surface area contributed by atoms with Crippen LogP contribution in [0.2, 0.25) is 0 Å². The van der Waals surface area contributed by atoms with Gasteiger partial charge in [0.2, 0.25) is 5.91 Å². The summed E-state index contributed by atoms with van der Waals surface area (Å²) < 4.78 is 21.5. The number of hydrogen-bond donors (Lipinski definition) is 1. The van der Waals surface area contributed by atoms with Crippen molar-refractivity contribution in [2.24, 2.45) is 0 Å². The molecule has 0 spiro atoms. The Labute approximate surface area is 179 Å². The topological polar surface area (TPSA) is 69.0 Å². The number of amides is 1. The van der Waals surface area contributed by atoms with E-state index in [9.17, 15) is 9.18 Å². The Morgan fingerprint density at radius 2 is 1.93 bits per heavy atom. The first-order valence-corrected chi connectivity index (χ1v) is 10.8. The van der Waals surface area contributed by atoms with Gasteiger partial charge in [0.25, 0.3) is 0 Å². The van der Waals surface area contributed by atoms with Crippen molar-refractivity contribution >= 4 is 17.7 Å². The lowest BCUT2D eigenvalue weighted by Crippen LogP contribution is -2.24. The molecule has 0 saturated heterocycles. The monoisotopic (exact) mass is 428 g/mol. The van der Waals surface area contributed by atoms with Gasteiger partial charge in [-0.2, -0.15) is 0 Å². The van der Waals surface area contributed by atoms with Gasteiger partial charge in [0, 0.05) is 13.1 Å². The van der Waals surface area contributed by atoms with E-state index in [1.165, 1.54) is 23.4 Å². The zero-order valence-electron chi connectivity index (χ0n) is 17.3. The third-order valence-electron chi connectivity index (χ3n) is 4.51. The molecule has 30 heavy (non-hydrogen) atoms. The fourth-order valence-electron chi connectivity index (χ4n) is 2.88. The fraction of sp³-hybridized carbons (Fsp3) is 0.318. The first-order valence-electron chi connectivity index (χ1n) is 9.77. The number of aryl methyl sites for hydroxylation is 1. The average molecular weight is 429 g/mol. The highest BCUT2D eigenvalue weighted by molar-refractivity contribution is 7.99. The number of rotatable bonds is 9. The van der Waals surface area contributed by atoms with Crippen LogP contribution in [0, 0.1) is 12.7 Å². The number of halogens is 1. The van der Waals surface area contributed by atoms with Crippen molar-refractivity contribution in [3.8, 4) is 5.75 Å². The number of ether oxygens (including phenoxy) is 1. The largest absolute Gasteiger partial charge is 0.480 e. The van der Waals surface area contributed by atoms with Gasteiger partial charge in [-0.1, -0.05) is 53.7 Å². The zero-order valence-corrected chi connectivity index (χ0v) is 18.1. The molecule has 6 nitrogen and oxygen atoms in total. The van der Waals surface area contributed by atoms with Crippen LogP contribution < -0.4 is 10.1 Å². The van der Waals surface area contributed by atoms with Gasteiger partial charge >= 0.3 is 0 Å². The molecule has 0 aliphatic heterocycles. The maximum absolute atomic E-state index is 13.9. The van der Waals surface area contributed by atoms with Crippen LogP contribution in [0.1, 0.15) is 36.9 Å². The van der Waals surface area contributed by atoms with Crippen molar-refractivity contribution in [1.82, 2.24) is 20.1 Å². The molecule has 1 unspecified atom stereocenters. The summed E-state index contributed by atoms with van der Waals surface area (Å²) in [6.07, 6.45) is -0.487. The minimum atomic E-state index is -0.487. The van der Waals surface area contributed by atoms with E-state index in [0.29, 0.717) is 24.1 Å². The summed E-state index contributed by atoms with van der Waals surface area (Å²) in [4.78, 5) is 12.2. The van der Waals surface area contributed by atoms with E-state index >= 15 is 0 Å². The Morgan fingerprint density at radius 3 is 2.63 bits per heavy atom. The van der Waals surface area contributed by atoms with E-state index < -0.39 is 11.9 Å². The van der Waals surface area contributed by atoms with E-state index in [0.717, 1.165) is 5.56 Å². The van der Waals surface area contributed by atoms with Gasteiger partial charge in [-0.15, -0.1) is 10.2 Å². The van der Waals surface area contributed by atoms with Gasteiger partial charge < -0.3 is 14.6 Å². The quantitative estimate of drug-likeness (QED) is 0.515. The molecule has 158 valence electrons. The van der Waals surface area contributed by atoms with Crippen molar-refractivity contribution in [2.45, 2.75) is 45.1 Å². The minimum Gasteiger partial charge on any atom is -0.480 e. The van der Waals surface area contributed by atoms with E-state index in [2.05, 4.69) is 15.5 Å². The molecule has 0 fully saturated rings. The number of carbonyl (C=O) groups is 1. The Morgan fingerprint density at radius 1 is 1.20 bits per heavy atom. The van der Waals surface area contributed by atoms with Gasteiger partial charge in [-0.05, 0) is 38.5 Å². The van der Waals surface area contributed by atoms with E-state index in [-0.39, 0.29) is 17.4 Å². The standard InChI is InChI=1S/C22H25FN4O2S/c1-4-27-21(16(3)29-19-8-6-5-7-18(19)23)25-26-22(27)30-14-20(28)24-13-17-11-9-15(2)10-12-17/h5-12,16H,4,13-14H2,1-3H3,(H,24,28). The van der Waals surface area contributed by atoms with Crippen LogP contribution in [0.5, 0.6) is 5.75 Å². The molecule has 1 amide bonds. The van der Waals surface area contributed by atoms with Crippen molar-refractivity contribution in [2.75, 3.05) is 5.75 Å². The molecule has 1 N–H and O–H groups in total. The lowest BCUT2D eigenvalue weighted by Gasteiger charge is -2.16. The summed E-state index contributed by atoms with van der Waals surface area (Å²) in [5, 5.41) is 11.9. The Bertz CT molecular complexity index is 991. The second kappa shape index (κ2) is 10.2. The summed E-state index contributed by atoms with van der Waals surface area (Å²) in [5.74, 6) is 0.478. The highest BCUT2D eigenvalue weighted by Crippen LogP contribution is 2.26. The van der Waals surface area contributed by atoms with Crippen LogP contribution in [-0.2, 0) is 17.9 Å². The molecule has 1 aromatic heterocycles. The summed E-state index contributed by atoms with van der Waals surface area (Å²) in [6.45, 7) is 6.88. The second-order valence-corrected chi connectivity index (χ2v) is 7.77. The molecular formula is C22H25FN4O2S. The van der Waals surface area contributed by atoms with Gasteiger partial charge in [0.05, 0.1) is 5.75 Å². The van der Waals surface area contributed by atoms with Crippen LogP contribution in [0.15, 0.2) is 53.7 Å². The van der Waals surface area contributed by atoms with E-state index in [1.54, 1.807) is 25.1 Å². The third-order valence-corrected chi connectivity index (χ3v) is 5.48. The number of carbonyl (C=O) groups excluding carboxylic acids is 1. The number of para-hydroxylation sites is 1. The van der Waals surface area contributed by atoms with Crippen molar-refractivity contribution in [3.63, 3.8) is 0 Å². The molecule has 2 aromatic carbocycles. The van der Waals surface area contributed by atoms with Gasteiger partial charge in [0.1, 0.15) is 0 Å². The lowest BCUT2D eigenvalue weighted by molar-refractivity contribution is -0.118. The number of thioether (sulfide) groups is 1. The highest BCUT2D eigenvalue weighted by Gasteiger charge is 2.20. The molecule has 0 aliphatic rings. The molecule has 0 saturated carbocycles. The SMILES string of the molecule is CCn1c(SCC(=O)NCc2ccc(C)cc2)nnc1C(C)Oc1ccccc1F. The number of nitrogens with one attached hydrogen (secondary N) is 1.